The van der Waals surface area contributed by atoms with E-state index < -0.39 is 11.7 Å². The number of anilines is 1. The lowest BCUT2D eigenvalue weighted by Crippen LogP contribution is -2.42. The van der Waals surface area contributed by atoms with Crippen LogP contribution in [-0.2, 0) is 10.9 Å². The zero-order valence-corrected chi connectivity index (χ0v) is 11.1. The molecule has 0 aromatic heterocycles. The second-order valence-corrected chi connectivity index (χ2v) is 4.82. The lowest BCUT2D eigenvalue weighted by atomic mass is 10.1. The quantitative estimate of drug-likeness (QED) is 0.865. The first-order valence-corrected chi connectivity index (χ1v) is 6.26. The molecule has 7 heteroatoms. The fourth-order valence-corrected chi connectivity index (χ4v) is 2.05. The van der Waals surface area contributed by atoms with Gasteiger partial charge in [0, 0.05) is 18.8 Å². The Morgan fingerprint density at radius 3 is 2.85 bits per heavy atom. The third kappa shape index (κ3) is 3.77. The van der Waals surface area contributed by atoms with Gasteiger partial charge in [-0.3, -0.25) is 0 Å². The zero-order chi connectivity index (χ0) is 14.8. The number of rotatable bonds is 3. The molecule has 0 aliphatic carbocycles. The second kappa shape index (κ2) is 5.88. The van der Waals surface area contributed by atoms with Crippen LogP contribution in [0.3, 0.4) is 0 Å². The van der Waals surface area contributed by atoms with Crippen molar-refractivity contribution in [2.45, 2.75) is 12.3 Å². The average molecular weight is 290 g/mol. The fourth-order valence-electron chi connectivity index (χ4n) is 2.05. The van der Waals surface area contributed by atoms with Gasteiger partial charge in [0.15, 0.2) is 0 Å². The molecular weight excluding hydrogens is 273 g/mol. The first-order chi connectivity index (χ1) is 9.36. The summed E-state index contributed by atoms with van der Waals surface area (Å²) in [5.41, 5.74) is 4.59. The second-order valence-electron chi connectivity index (χ2n) is 4.82. The lowest BCUT2D eigenvalue weighted by molar-refractivity contribution is -0.139. The number of hydrogen-bond acceptors (Lipinski definition) is 4. The van der Waals surface area contributed by atoms with Crippen LogP contribution in [0.2, 0.25) is 0 Å². The van der Waals surface area contributed by atoms with Crippen molar-refractivity contribution in [3.8, 4) is 5.75 Å². The summed E-state index contributed by atoms with van der Waals surface area (Å²) < 4.78 is 49.4. The van der Waals surface area contributed by atoms with Crippen LogP contribution in [0.1, 0.15) is 5.56 Å². The minimum absolute atomic E-state index is 0.0540. The van der Waals surface area contributed by atoms with Crippen molar-refractivity contribution in [1.82, 2.24) is 4.90 Å². The van der Waals surface area contributed by atoms with E-state index in [0.717, 1.165) is 12.6 Å². The number of hydrogen-bond donors (Lipinski definition) is 1. The van der Waals surface area contributed by atoms with Crippen molar-refractivity contribution in [3.05, 3.63) is 23.8 Å². The van der Waals surface area contributed by atoms with Crippen molar-refractivity contribution < 1.29 is 22.6 Å². The molecule has 20 heavy (non-hydrogen) atoms. The number of nitrogen functional groups attached to an aromatic ring is 1. The van der Waals surface area contributed by atoms with E-state index in [1.807, 2.05) is 11.9 Å². The standard InChI is InChI=1S/C13H17F3N2O2/c1-18-4-5-19-10(7-18)8-20-12-3-2-9(17)6-11(12)13(14,15)16/h2-3,6,10H,4-5,7-8,17H2,1H3. The largest absolute Gasteiger partial charge is 0.490 e. The summed E-state index contributed by atoms with van der Waals surface area (Å²) in [6, 6.07) is 3.51. The van der Waals surface area contributed by atoms with Crippen LogP contribution in [0.15, 0.2) is 18.2 Å². The van der Waals surface area contributed by atoms with Gasteiger partial charge in [0.05, 0.1) is 12.2 Å². The molecule has 2 rings (SSSR count). The van der Waals surface area contributed by atoms with E-state index in [-0.39, 0.29) is 24.1 Å². The minimum atomic E-state index is -4.49. The molecule has 1 aromatic rings. The van der Waals surface area contributed by atoms with E-state index in [1.165, 1.54) is 12.1 Å². The summed E-state index contributed by atoms with van der Waals surface area (Å²) >= 11 is 0. The maximum absolute atomic E-state index is 12.9. The number of alkyl halides is 3. The molecule has 112 valence electrons. The molecule has 1 unspecified atom stereocenters. The van der Waals surface area contributed by atoms with E-state index in [2.05, 4.69) is 0 Å². The van der Waals surface area contributed by atoms with Crippen LogP contribution >= 0.6 is 0 Å². The molecule has 0 amide bonds. The number of nitrogens with two attached hydrogens (primary N) is 1. The van der Waals surface area contributed by atoms with Crippen LogP contribution in [0.4, 0.5) is 18.9 Å². The molecular formula is C13H17F3N2O2. The molecule has 1 saturated heterocycles. The first-order valence-electron chi connectivity index (χ1n) is 6.26. The number of ether oxygens (including phenoxy) is 2. The Morgan fingerprint density at radius 2 is 2.20 bits per heavy atom. The predicted molar refractivity (Wildman–Crippen MR) is 68.6 cm³/mol. The van der Waals surface area contributed by atoms with Crippen molar-refractivity contribution in [1.29, 1.82) is 0 Å². The van der Waals surface area contributed by atoms with Crippen molar-refractivity contribution in [2.24, 2.45) is 0 Å². The summed E-state index contributed by atoms with van der Waals surface area (Å²) in [7, 11) is 1.93. The van der Waals surface area contributed by atoms with E-state index in [1.54, 1.807) is 0 Å². The molecule has 0 bridgehead atoms. The Labute approximate surface area is 115 Å². The van der Waals surface area contributed by atoms with Gasteiger partial charge in [-0.2, -0.15) is 13.2 Å². The molecule has 0 radical (unpaired) electrons. The van der Waals surface area contributed by atoms with Crippen LogP contribution < -0.4 is 10.5 Å². The normalized spacial score (nSPS) is 20.9. The topological polar surface area (TPSA) is 47.7 Å². The SMILES string of the molecule is CN1CCOC(COc2ccc(N)cc2C(F)(F)F)C1. The van der Waals surface area contributed by atoms with Crippen molar-refractivity contribution in [2.75, 3.05) is 39.1 Å². The molecule has 1 aromatic carbocycles. The number of morpholine rings is 1. The fraction of sp³-hybridized carbons (Fsp3) is 0.538. The number of benzene rings is 1. The van der Waals surface area contributed by atoms with Crippen LogP contribution in [0.25, 0.3) is 0 Å². The highest BCUT2D eigenvalue weighted by Gasteiger charge is 2.35. The summed E-state index contributed by atoms with van der Waals surface area (Å²) in [4.78, 5) is 2.05. The van der Waals surface area contributed by atoms with Gasteiger partial charge in [0.25, 0.3) is 0 Å². The summed E-state index contributed by atoms with van der Waals surface area (Å²) in [6.07, 6.45) is -4.72. The molecule has 4 nitrogen and oxygen atoms in total. The summed E-state index contributed by atoms with van der Waals surface area (Å²) in [6.45, 7) is 2.08. The maximum Gasteiger partial charge on any atom is 0.420 e. The van der Waals surface area contributed by atoms with Crippen LogP contribution in [0, 0.1) is 0 Å². The molecule has 2 N–H and O–H groups in total. The smallest absolute Gasteiger partial charge is 0.420 e. The Kier molecular flexibility index (Phi) is 4.39. The highest BCUT2D eigenvalue weighted by molar-refractivity contribution is 5.49. The van der Waals surface area contributed by atoms with Gasteiger partial charge < -0.3 is 20.1 Å². The van der Waals surface area contributed by atoms with Gasteiger partial charge in [0.2, 0.25) is 0 Å². The maximum atomic E-state index is 12.9. The Bertz CT molecular complexity index is 465. The van der Waals surface area contributed by atoms with E-state index in [4.69, 9.17) is 15.2 Å². The Balaban J connectivity index is 2.05. The van der Waals surface area contributed by atoms with E-state index in [0.29, 0.717) is 13.2 Å². The molecule has 1 aliphatic rings. The lowest BCUT2D eigenvalue weighted by Gasteiger charge is -2.30. The Morgan fingerprint density at radius 1 is 1.45 bits per heavy atom. The third-order valence-electron chi connectivity index (χ3n) is 3.08. The predicted octanol–water partition coefficient (Wildman–Crippen LogP) is 2.00. The van der Waals surface area contributed by atoms with Gasteiger partial charge >= 0.3 is 6.18 Å². The molecule has 0 saturated carbocycles. The molecule has 1 aliphatic heterocycles. The summed E-state index contributed by atoms with van der Waals surface area (Å²) in [5.74, 6) is -0.219. The molecule has 0 spiro atoms. The number of halogens is 3. The highest BCUT2D eigenvalue weighted by Crippen LogP contribution is 2.37. The average Bonchev–Trinajstić information content (AvgIpc) is 2.36. The molecule has 1 heterocycles. The van der Waals surface area contributed by atoms with Gasteiger partial charge in [-0.15, -0.1) is 0 Å². The number of likely N-dealkylation sites (N-methyl/N-ethyl adjacent to an activating group) is 1. The van der Waals surface area contributed by atoms with Gasteiger partial charge in [-0.25, -0.2) is 0 Å². The molecule has 1 fully saturated rings. The first kappa shape index (κ1) is 14.9. The molecule has 1 atom stereocenters. The minimum Gasteiger partial charge on any atom is -0.490 e. The third-order valence-corrected chi connectivity index (χ3v) is 3.08. The van der Waals surface area contributed by atoms with E-state index >= 15 is 0 Å². The monoisotopic (exact) mass is 290 g/mol. The van der Waals surface area contributed by atoms with Gasteiger partial charge in [-0.05, 0) is 25.2 Å². The van der Waals surface area contributed by atoms with Crippen molar-refractivity contribution >= 4 is 5.69 Å². The summed E-state index contributed by atoms with van der Waals surface area (Å²) in [5, 5.41) is 0. The van der Waals surface area contributed by atoms with E-state index in [9.17, 15) is 13.2 Å². The highest BCUT2D eigenvalue weighted by atomic mass is 19.4. The van der Waals surface area contributed by atoms with Crippen molar-refractivity contribution in [3.63, 3.8) is 0 Å². The number of nitrogens with zero attached hydrogens (tertiary/aromatic N) is 1. The van der Waals surface area contributed by atoms with Crippen LogP contribution in [0.5, 0.6) is 5.75 Å². The Hall–Kier alpha value is -1.47. The van der Waals surface area contributed by atoms with Gasteiger partial charge in [-0.1, -0.05) is 0 Å². The van der Waals surface area contributed by atoms with Crippen LogP contribution in [-0.4, -0.2) is 44.4 Å². The zero-order valence-electron chi connectivity index (χ0n) is 11.1. The van der Waals surface area contributed by atoms with Gasteiger partial charge in [0.1, 0.15) is 18.5 Å².